The lowest BCUT2D eigenvalue weighted by Crippen LogP contribution is -2.30. The molecule has 0 N–H and O–H groups in total. The average molecular weight is 297 g/mol. The van der Waals surface area contributed by atoms with Gasteiger partial charge in [0.1, 0.15) is 11.9 Å². The van der Waals surface area contributed by atoms with Crippen molar-refractivity contribution in [2.75, 3.05) is 18.5 Å². The summed E-state index contributed by atoms with van der Waals surface area (Å²) in [6.45, 7) is 1.76. The third-order valence-electron chi connectivity index (χ3n) is 3.84. The van der Waals surface area contributed by atoms with E-state index in [4.69, 9.17) is 9.47 Å². The Hall–Kier alpha value is -0.540. The van der Waals surface area contributed by atoms with E-state index >= 15 is 0 Å². The number of alkyl halides is 1. The van der Waals surface area contributed by atoms with Gasteiger partial charge in [-0.05, 0) is 24.5 Å². The van der Waals surface area contributed by atoms with Gasteiger partial charge >= 0.3 is 0 Å². The molecule has 0 spiro atoms. The molecule has 2 unspecified atom stereocenters. The number of benzene rings is 1. The van der Waals surface area contributed by atoms with Crippen molar-refractivity contribution >= 4 is 15.9 Å². The highest BCUT2D eigenvalue weighted by atomic mass is 79.9. The lowest BCUT2D eigenvalue weighted by molar-refractivity contribution is 0.118. The van der Waals surface area contributed by atoms with Gasteiger partial charge in [-0.25, -0.2) is 0 Å². The van der Waals surface area contributed by atoms with Gasteiger partial charge in [0.25, 0.3) is 0 Å². The number of halogens is 1. The lowest BCUT2D eigenvalue weighted by atomic mass is 9.83. The number of para-hydroxylation sites is 1. The zero-order valence-corrected chi connectivity index (χ0v) is 11.4. The maximum Gasteiger partial charge on any atom is 0.123 e. The summed E-state index contributed by atoms with van der Waals surface area (Å²) in [5.41, 5.74) is 1.63. The van der Waals surface area contributed by atoms with Crippen LogP contribution in [-0.4, -0.2) is 24.6 Å². The fraction of sp³-hybridized carbons (Fsp3) is 0.571. The second kappa shape index (κ2) is 4.62. The van der Waals surface area contributed by atoms with Crippen molar-refractivity contribution in [2.24, 2.45) is 5.41 Å². The van der Waals surface area contributed by atoms with Gasteiger partial charge in [-0.15, -0.1) is 0 Å². The zero-order valence-electron chi connectivity index (χ0n) is 9.82. The van der Waals surface area contributed by atoms with Gasteiger partial charge in [-0.3, -0.25) is 0 Å². The molecule has 1 aromatic rings. The summed E-state index contributed by atoms with van der Waals surface area (Å²) in [6.07, 6.45) is 3.61. The number of hydrogen-bond acceptors (Lipinski definition) is 2. The first-order valence-corrected chi connectivity index (χ1v) is 7.32. The van der Waals surface area contributed by atoms with E-state index in [0.717, 1.165) is 43.6 Å². The Morgan fingerprint density at radius 3 is 2.94 bits per heavy atom. The van der Waals surface area contributed by atoms with Crippen LogP contribution in [0.15, 0.2) is 24.3 Å². The van der Waals surface area contributed by atoms with Crippen molar-refractivity contribution in [1.82, 2.24) is 0 Å². The molecule has 3 rings (SSSR count). The van der Waals surface area contributed by atoms with Crippen molar-refractivity contribution in [2.45, 2.75) is 25.4 Å². The van der Waals surface area contributed by atoms with E-state index < -0.39 is 0 Å². The summed E-state index contributed by atoms with van der Waals surface area (Å²) in [6, 6.07) is 8.37. The number of hydrogen-bond donors (Lipinski definition) is 0. The van der Waals surface area contributed by atoms with E-state index in [1.165, 1.54) is 5.56 Å². The van der Waals surface area contributed by atoms with Crippen LogP contribution in [0.5, 0.6) is 5.75 Å². The van der Waals surface area contributed by atoms with Crippen LogP contribution in [0.25, 0.3) is 0 Å². The molecule has 2 aliphatic rings. The molecule has 3 heteroatoms. The van der Waals surface area contributed by atoms with Crippen LogP contribution >= 0.6 is 15.9 Å². The van der Waals surface area contributed by atoms with Crippen LogP contribution < -0.4 is 4.74 Å². The van der Waals surface area contributed by atoms with E-state index in [-0.39, 0.29) is 5.41 Å². The van der Waals surface area contributed by atoms with Crippen LogP contribution in [-0.2, 0) is 11.2 Å². The number of ether oxygens (including phenoxy) is 2. The summed E-state index contributed by atoms with van der Waals surface area (Å²) >= 11 is 3.64. The minimum absolute atomic E-state index is 0.284. The maximum absolute atomic E-state index is 6.02. The largest absolute Gasteiger partial charge is 0.490 e. The fourth-order valence-electron chi connectivity index (χ4n) is 2.82. The van der Waals surface area contributed by atoms with Crippen LogP contribution in [0.2, 0.25) is 0 Å². The molecule has 2 aliphatic heterocycles. The molecule has 1 aromatic carbocycles. The van der Waals surface area contributed by atoms with Crippen molar-refractivity contribution in [1.29, 1.82) is 0 Å². The molecular formula is C14H17BrO2. The van der Waals surface area contributed by atoms with E-state index in [1.807, 2.05) is 6.07 Å². The van der Waals surface area contributed by atoms with Crippen molar-refractivity contribution < 1.29 is 9.47 Å². The zero-order chi connectivity index (χ0) is 11.7. The van der Waals surface area contributed by atoms with Gasteiger partial charge in [0.05, 0.1) is 6.61 Å². The Balaban J connectivity index is 1.69. The summed E-state index contributed by atoms with van der Waals surface area (Å²) in [4.78, 5) is 0. The summed E-state index contributed by atoms with van der Waals surface area (Å²) in [7, 11) is 0. The molecular weight excluding hydrogens is 280 g/mol. The molecule has 1 saturated heterocycles. The first kappa shape index (κ1) is 11.5. The Morgan fingerprint density at radius 2 is 2.24 bits per heavy atom. The maximum atomic E-state index is 6.02. The smallest absolute Gasteiger partial charge is 0.123 e. The van der Waals surface area contributed by atoms with Crippen LogP contribution in [0.1, 0.15) is 18.4 Å². The predicted octanol–water partition coefficient (Wildman–Crippen LogP) is 3.18. The minimum Gasteiger partial charge on any atom is -0.490 e. The van der Waals surface area contributed by atoms with Crippen LogP contribution in [0.4, 0.5) is 0 Å². The van der Waals surface area contributed by atoms with E-state index in [2.05, 4.69) is 34.1 Å². The highest BCUT2D eigenvalue weighted by Crippen LogP contribution is 2.39. The fourth-order valence-corrected chi connectivity index (χ4v) is 3.49. The molecule has 0 amide bonds. The molecule has 0 radical (unpaired) electrons. The first-order valence-electron chi connectivity index (χ1n) is 6.20. The third-order valence-corrected chi connectivity index (χ3v) is 5.03. The van der Waals surface area contributed by atoms with E-state index in [1.54, 1.807) is 0 Å². The van der Waals surface area contributed by atoms with Crippen molar-refractivity contribution in [3.63, 3.8) is 0 Å². The minimum atomic E-state index is 0.284. The molecule has 0 bridgehead atoms. The molecule has 1 fully saturated rings. The van der Waals surface area contributed by atoms with Crippen molar-refractivity contribution in [3.05, 3.63) is 29.8 Å². The van der Waals surface area contributed by atoms with Gasteiger partial charge in [0, 0.05) is 23.8 Å². The second-order valence-corrected chi connectivity index (χ2v) is 5.75. The first-order chi connectivity index (χ1) is 8.31. The van der Waals surface area contributed by atoms with E-state index in [9.17, 15) is 0 Å². The highest BCUT2D eigenvalue weighted by Gasteiger charge is 2.38. The van der Waals surface area contributed by atoms with E-state index in [0.29, 0.717) is 6.10 Å². The van der Waals surface area contributed by atoms with Crippen molar-refractivity contribution in [3.8, 4) is 5.75 Å². The Labute approximate surface area is 110 Å². The molecule has 17 heavy (non-hydrogen) atoms. The second-order valence-electron chi connectivity index (χ2n) is 5.19. The Kier molecular flexibility index (Phi) is 3.14. The van der Waals surface area contributed by atoms with Gasteiger partial charge < -0.3 is 9.47 Å². The summed E-state index contributed by atoms with van der Waals surface area (Å²) in [5.74, 6) is 1.07. The Bertz CT molecular complexity index is 374. The van der Waals surface area contributed by atoms with Gasteiger partial charge in [-0.1, -0.05) is 34.1 Å². The molecule has 2 nitrogen and oxygen atoms in total. The number of rotatable bonds is 3. The molecule has 2 atom stereocenters. The monoisotopic (exact) mass is 296 g/mol. The quantitative estimate of drug-likeness (QED) is 0.798. The lowest BCUT2D eigenvalue weighted by Gasteiger charge is -2.27. The predicted molar refractivity (Wildman–Crippen MR) is 70.8 cm³/mol. The molecule has 0 saturated carbocycles. The van der Waals surface area contributed by atoms with Gasteiger partial charge in [-0.2, -0.15) is 0 Å². The highest BCUT2D eigenvalue weighted by molar-refractivity contribution is 9.09. The molecule has 0 aromatic heterocycles. The topological polar surface area (TPSA) is 18.5 Å². The van der Waals surface area contributed by atoms with Gasteiger partial charge in [0.15, 0.2) is 0 Å². The summed E-state index contributed by atoms with van der Waals surface area (Å²) in [5, 5.41) is 1.01. The third kappa shape index (κ3) is 2.23. The molecule has 0 aliphatic carbocycles. The molecule has 92 valence electrons. The normalized spacial score (nSPS) is 31.2. The summed E-state index contributed by atoms with van der Waals surface area (Å²) < 4.78 is 11.6. The van der Waals surface area contributed by atoms with Crippen LogP contribution in [0.3, 0.4) is 0 Å². The Morgan fingerprint density at radius 1 is 1.35 bits per heavy atom. The SMILES string of the molecule is BrCC1(CC2Cc3ccccc3O2)CCOC1. The number of fused-ring (bicyclic) bond motifs is 1. The molecule has 2 heterocycles. The van der Waals surface area contributed by atoms with Gasteiger partial charge in [0.2, 0.25) is 0 Å². The standard InChI is InChI=1S/C14H17BrO2/c15-9-14(5-6-16-10-14)8-12-7-11-3-1-2-4-13(11)17-12/h1-4,12H,5-10H2. The average Bonchev–Trinajstić information content (AvgIpc) is 2.95. The van der Waals surface area contributed by atoms with Crippen LogP contribution in [0, 0.1) is 5.41 Å².